The lowest BCUT2D eigenvalue weighted by Crippen LogP contribution is -2.29. The number of benzene rings is 2. The third kappa shape index (κ3) is 2.08. The number of ether oxygens (including phenoxy) is 1. The molecule has 4 rings (SSSR count). The Bertz CT molecular complexity index is 740. The molecule has 0 radical (unpaired) electrons. The number of nitrogens with one attached hydrogen (secondary N) is 1. The van der Waals surface area contributed by atoms with Gasteiger partial charge in [0.15, 0.2) is 0 Å². The molecule has 1 heterocycles. The summed E-state index contributed by atoms with van der Waals surface area (Å²) in [6.07, 6.45) is 5.52. The van der Waals surface area contributed by atoms with Crippen molar-refractivity contribution in [2.24, 2.45) is 5.92 Å². The highest BCUT2D eigenvalue weighted by molar-refractivity contribution is 5.61. The Morgan fingerprint density at radius 3 is 2.91 bits per heavy atom. The zero-order valence-corrected chi connectivity index (χ0v) is 12.4. The minimum atomic E-state index is -0.178. The fraction of sp³-hybridized carbons (Fsp3) is 0.263. The van der Waals surface area contributed by atoms with E-state index in [1.807, 2.05) is 12.1 Å². The average molecular weight is 295 g/mol. The van der Waals surface area contributed by atoms with E-state index in [9.17, 15) is 4.39 Å². The van der Waals surface area contributed by atoms with E-state index in [1.165, 1.54) is 11.6 Å². The Morgan fingerprint density at radius 2 is 2.09 bits per heavy atom. The van der Waals surface area contributed by atoms with E-state index in [4.69, 9.17) is 4.74 Å². The molecule has 0 aromatic heterocycles. The van der Waals surface area contributed by atoms with Crippen LogP contribution in [-0.2, 0) is 0 Å². The van der Waals surface area contributed by atoms with Crippen LogP contribution >= 0.6 is 0 Å². The molecule has 2 aliphatic rings. The van der Waals surface area contributed by atoms with Crippen molar-refractivity contribution in [2.45, 2.75) is 18.4 Å². The lowest BCUT2D eigenvalue weighted by molar-refractivity contribution is 0.405. The molecule has 22 heavy (non-hydrogen) atoms. The fourth-order valence-electron chi connectivity index (χ4n) is 3.73. The molecule has 1 N–H and O–H groups in total. The number of hydrogen-bond donors (Lipinski definition) is 1. The van der Waals surface area contributed by atoms with Crippen LogP contribution in [0.2, 0.25) is 0 Å². The number of halogens is 1. The van der Waals surface area contributed by atoms with Gasteiger partial charge in [0.2, 0.25) is 0 Å². The molecule has 1 aliphatic heterocycles. The maximum Gasteiger partial charge on any atom is 0.123 e. The van der Waals surface area contributed by atoms with Gasteiger partial charge in [-0.1, -0.05) is 24.3 Å². The van der Waals surface area contributed by atoms with Crippen molar-refractivity contribution in [3.05, 3.63) is 71.6 Å². The largest absolute Gasteiger partial charge is 0.497 e. The van der Waals surface area contributed by atoms with E-state index in [0.717, 1.165) is 23.4 Å². The van der Waals surface area contributed by atoms with E-state index in [1.54, 1.807) is 19.2 Å². The van der Waals surface area contributed by atoms with Gasteiger partial charge < -0.3 is 10.1 Å². The maximum absolute atomic E-state index is 13.6. The summed E-state index contributed by atoms with van der Waals surface area (Å²) < 4.78 is 19.0. The Labute approximate surface area is 129 Å². The molecule has 1 aliphatic carbocycles. The van der Waals surface area contributed by atoms with E-state index in [0.29, 0.717) is 11.8 Å². The summed E-state index contributed by atoms with van der Waals surface area (Å²) in [6, 6.07) is 13.2. The maximum atomic E-state index is 13.6. The van der Waals surface area contributed by atoms with Crippen molar-refractivity contribution >= 4 is 5.69 Å². The second-order valence-corrected chi connectivity index (χ2v) is 5.98. The summed E-state index contributed by atoms with van der Waals surface area (Å²) in [5.74, 6) is 1.48. The topological polar surface area (TPSA) is 21.3 Å². The molecule has 0 fully saturated rings. The molecular formula is C19H18FNO. The van der Waals surface area contributed by atoms with Gasteiger partial charge >= 0.3 is 0 Å². The first-order valence-electron chi connectivity index (χ1n) is 7.63. The van der Waals surface area contributed by atoms with Crippen molar-refractivity contribution in [3.8, 4) is 5.75 Å². The molecule has 3 atom stereocenters. The standard InChI is InChI=1S/C19H18FNO/c1-22-14-8-9-18-17(11-14)15-6-3-7-16(15)19(21-18)12-4-2-5-13(20)10-12/h2-6,8-11,15-16,19,21H,7H2,1H3/t15-,16-,19-/m1/s1. The molecule has 0 saturated heterocycles. The van der Waals surface area contributed by atoms with E-state index >= 15 is 0 Å². The van der Waals surface area contributed by atoms with Gasteiger partial charge in [-0.05, 0) is 53.8 Å². The Hall–Kier alpha value is -2.29. The normalized spacial score (nSPS) is 25.3. The van der Waals surface area contributed by atoms with Gasteiger partial charge in [-0.15, -0.1) is 0 Å². The predicted molar refractivity (Wildman–Crippen MR) is 85.7 cm³/mol. The quantitative estimate of drug-likeness (QED) is 0.814. The fourth-order valence-corrected chi connectivity index (χ4v) is 3.73. The molecule has 0 bridgehead atoms. The first-order valence-corrected chi connectivity index (χ1v) is 7.63. The third-order valence-electron chi connectivity index (χ3n) is 4.78. The van der Waals surface area contributed by atoms with Gasteiger partial charge in [0.05, 0.1) is 13.2 Å². The summed E-state index contributed by atoms with van der Waals surface area (Å²) in [5, 5.41) is 3.60. The summed E-state index contributed by atoms with van der Waals surface area (Å²) in [4.78, 5) is 0. The number of hydrogen-bond acceptors (Lipinski definition) is 2. The molecule has 112 valence electrons. The first-order chi connectivity index (χ1) is 10.8. The first kappa shape index (κ1) is 13.4. The van der Waals surface area contributed by atoms with Crippen molar-refractivity contribution < 1.29 is 9.13 Å². The smallest absolute Gasteiger partial charge is 0.123 e. The lowest BCUT2D eigenvalue weighted by Gasteiger charge is -2.37. The zero-order valence-electron chi connectivity index (χ0n) is 12.4. The minimum Gasteiger partial charge on any atom is -0.497 e. The number of fused-ring (bicyclic) bond motifs is 3. The van der Waals surface area contributed by atoms with Crippen LogP contribution in [0.5, 0.6) is 5.75 Å². The van der Waals surface area contributed by atoms with Crippen molar-refractivity contribution in [2.75, 3.05) is 12.4 Å². The summed E-state index contributed by atoms with van der Waals surface area (Å²) in [5.41, 5.74) is 3.40. The highest BCUT2D eigenvalue weighted by Crippen LogP contribution is 2.50. The Balaban J connectivity index is 1.78. The summed E-state index contributed by atoms with van der Waals surface area (Å²) >= 11 is 0. The Kier molecular flexibility index (Phi) is 3.14. The molecule has 0 saturated carbocycles. The molecule has 2 aromatic carbocycles. The number of allylic oxidation sites excluding steroid dienone is 2. The van der Waals surface area contributed by atoms with Gasteiger partial charge in [-0.3, -0.25) is 0 Å². The second-order valence-electron chi connectivity index (χ2n) is 5.98. The number of methoxy groups -OCH3 is 1. The van der Waals surface area contributed by atoms with Gasteiger partial charge in [-0.2, -0.15) is 0 Å². The monoisotopic (exact) mass is 295 g/mol. The van der Waals surface area contributed by atoms with Crippen LogP contribution in [-0.4, -0.2) is 7.11 Å². The van der Waals surface area contributed by atoms with Crippen molar-refractivity contribution in [1.29, 1.82) is 0 Å². The van der Waals surface area contributed by atoms with E-state index < -0.39 is 0 Å². The third-order valence-corrected chi connectivity index (χ3v) is 4.78. The average Bonchev–Trinajstić information content (AvgIpc) is 3.03. The van der Waals surface area contributed by atoms with E-state index in [2.05, 4.69) is 29.6 Å². The van der Waals surface area contributed by atoms with Gasteiger partial charge in [0, 0.05) is 11.6 Å². The number of anilines is 1. The van der Waals surface area contributed by atoms with Crippen LogP contribution in [0.25, 0.3) is 0 Å². The molecule has 0 amide bonds. The van der Waals surface area contributed by atoms with Crippen LogP contribution in [0.15, 0.2) is 54.6 Å². The molecule has 0 spiro atoms. The van der Waals surface area contributed by atoms with E-state index in [-0.39, 0.29) is 11.9 Å². The predicted octanol–water partition coefficient (Wildman–Crippen LogP) is 4.66. The van der Waals surface area contributed by atoms with Crippen LogP contribution in [0.4, 0.5) is 10.1 Å². The van der Waals surface area contributed by atoms with Crippen LogP contribution in [0, 0.1) is 11.7 Å². The minimum absolute atomic E-state index is 0.136. The van der Waals surface area contributed by atoms with Crippen molar-refractivity contribution in [3.63, 3.8) is 0 Å². The SMILES string of the molecule is COc1ccc2c(c1)[C@@H]1C=CC[C@H]1[C@@H](c1cccc(F)c1)N2. The second kappa shape index (κ2) is 5.16. The van der Waals surface area contributed by atoms with Gasteiger partial charge in [-0.25, -0.2) is 4.39 Å². The van der Waals surface area contributed by atoms with Gasteiger partial charge in [0.25, 0.3) is 0 Å². The summed E-state index contributed by atoms with van der Waals surface area (Å²) in [7, 11) is 1.69. The molecule has 2 nitrogen and oxygen atoms in total. The van der Waals surface area contributed by atoms with Crippen LogP contribution in [0.1, 0.15) is 29.5 Å². The van der Waals surface area contributed by atoms with Crippen molar-refractivity contribution in [1.82, 2.24) is 0 Å². The lowest BCUT2D eigenvalue weighted by atomic mass is 9.77. The molecular weight excluding hydrogens is 277 g/mol. The summed E-state index contributed by atoms with van der Waals surface area (Å²) in [6.45, 7) is 0. The molecule has 0 unspecified atom stereocenters. The van der Waals surface area contributed by atoms with Crippen LogP contribution in [0.3, 0.4) is 0 Å². The highest BCUT2D eigenvalue weighted by Gasteiger charge is 2.38. The van der Waals surface area contributed by atoms with Gasteiger partial charge in [0.1, 0.15) is 11.6 Å². The Morgan fingerprint density at radius 1 is 1.18 bits per heavy atom. The van der Waals surface area contributed by atoms with Crippen LogP contribution < -0.4 is 10.1 Å². The number of rotatable bonds is 2. The highest BCUT2D eigenvalue weighted by atomic mass is 19.1. The molecule has 3 heteroatoms. The molecule has 2 aromatic rings. The zero-order chi connectivity index (χ0) is 15.1.